The molecule has 0 unspecified atom stereocenters. The van der Waals surface area contributed by atoms with Crippen LogP contribution in [0.3, 0.4) is 0 Å². The normalized spacial score (nSPS) is 14.5. The molecule has 17 heavy (non-hydrogen) atoms. The number of benzene rings is 1. The molecule has 92 valence electrons. The molecule has 1 aliphatic rings. The first-order valence-corrected chi connectivity index (χ1v) is 5.65. The Balaban J connectivity index is 1.96. The van der Waals surface area contributed by atoms with E-state index in [2.05, 4.69) is 5.32 Å². The average molecular weight is 238 g/mol. The van der Waals surface area contributed by atoms with Crippen LogP contribution in [0, 0.1) is 5.82 Å². The lowest BCUT2D eigenvalue weighted by atomic mass is 10.3. The molecule has 0 aromatic heterocycles. The van der Waals surface area contributed by atoms with Gasteiger partial charge < -0.3 is 15.3 Å². The number of rotatable bonds is 4. The lowest BCUT2D eigenvalue weighted by Gasteiger charge is -2.21. The van der Waals surface area contributed by atoms with E-state index < -0.39 is 0 Å². The van der Waals surface area contributed by atoms with Gasteiger partial charge in [-0.05, 0) is 37.1 Å². The summed E-state index contributed by atoms with van der Waals surface area (Å²) in [6, 6.07) is 5.61. The van der Waals surface area contributed by atoms with Gasteiger partial charge in [0.05, 0.1) is 6.61 Å². The molecule has 0 heterocycles. The number of aliphatic hydroxyl groups is 1. The number of nitrogens with one attached hydrogen (secondary N) is 1. The molecular formula is C12H15FN2O2. The van der Waals surface area contributed by atoms with Crippen molar-refractivity contribution in [3.05, 3.63) is 30.1 Å². The fraction of sp³-hybridized carbons (Fsp3) is 0.417. The third-order valence-corrected chi connectivity index (χ3v) is 2.68. The topological polar surface area (TPSA) is 52.6 Å². The van der Waals surface area contributed by atoms with Crippen LogP contribution >= 0.6 is 0 Å². The number of carbonyl (C=O) groups excluding carboxylic acids is 1. The maximum Gasteiger partial charge on any atom is 0.322 e. The molecule has 2 N–H and O–H groups in total. The van der Waals surface area contributed by atoms with Crippen molar-refractivity contribution < 1.29 is 14.3 Å². The molecule has 0 radical (unpaired) electrons. The van der Waals surface area contributed by atoms with Gasteiger partial charge in [0.25, 0.3) is 0 Å². The summed E-state index contributed by atoms with van der Waals surface area (Å²) in [4.78, 5) is 13.5. The molecule has 2 rings (SSSR count). The molecule has 1 aliphatic carbocycles. The maximum absolute atomic E-state index is 12.7. The average Bonchev–Trinajstić information content (AvgIpc) is 3.13. The first-order valence-electron chi connectivity index (χ1n) is 5.65. The van der Waals surface area contributed by atoms with Gasteiger partial charge in [-0.3, -0.25) is 0 Å². The number of hydrogen-bond donors (Lipinski definition) is 2. The minimum absolute atomic E-state index is 0.0483. The number of aliphatic hydroxyl groups excluding tert-OH is 1. The summed E-state index contributed by atoms with van der Waals surface area (Å²) in [6.45, 7) is 0.283. The maximum atomic E-state index is 12.7. The highest BCUT2D eigenvalue weighted by Gasteiger charge is 2.32. The van der Waals surface area contributed by atoms with Gasteiger partial charge in [0.1, 0.15) is 5.82 Å². The minimum atomic E-state index is -0.336. The number of nitrogens with zero attached hydrogens (tertiary/aromatic N) is 1. The molecule has 0 saturated heterocycles. The number of hydrogen-bond acceptors (Lipinski definition) is 2. The van der Waals surface area contributed by atoms with Crippen molar-refractivity contribution >= 4 is 11.7 Å². The smallest absolute Gasteiger partial charge is 0.322 e. The van der Waals surface area contributed by atoms with E-state index in [0.717, 1.165) is 12.8 Å². The SMILES string of the molecule is O=C(Nc1ccc(F)cc1)N(CCO)C1CC1. The van der Waals surface area contributed by atoms with Crippen LogP contribution in [0.5, 0.6) is 0 Å². The minimum Gasteiger partial charge on any atom is -0.395 e. The van der Waals surface area contributed by atoms with E-state index in [1.54, 1.807) is 4.90 Å². The molecule has 0 aliphatic heterocycles. The van der Waals surface area contributed by atoms with Crippen LogP contribution in [0.2, 0.25) is 0 Å². The molecule has 5 heteroatoms. The van der Waals surface area contributed by atoms with Gasteiger partial charge in [-0.25, -0.2) is 9.18 Å². The van der Waals surface area contributed by atoms with Gasteiger partial charge in [0, 0.05) is 18.3 Å². The Morgan fingerprint density at radius 3 is 2.59 bits per heavy atom. The van der Waals surface area contributed by atoms with E-state index in [-0.39, 0.29) is 24.5 Å². The van der Waals surface area contributed by atoms with Crippen molar-refractivity contribution in [2.45, 2.75) is 18.9 Å². The predicted molar refractivity (Wildman–Crippen MR) is 62.2 cm³/mol. The fourth-order valence-electron chi connectivity index (χ4n) is 1.67. The number of halogens is 1. The second-order valence-electron chi connectivity index (χ2n) is 4.09. The zero-order valence-electron chi connectivity index (χ0n) is 9.40. The van der Waals surface area contributed by atoms with E-state index in [1.807, 2.05) is 0 Å². The largest absolute Gasteiger partial charge is 0.395 e. The van der Waals surface area contributed by atoms with Crippen molar-refractivity contribution in [3.63, 3.8) is 0 Å². The van der Waals surface area contributed by atoms with Gasteiger partial charge in [-0.1, -0.05) is 0 Å². The van der Waals surface area contributed by atoms with Crippen LogP contribution in [0.25, 0.3) is 0 Å². The van der Waals surface area contributed by atoms with Crippen LogP contribution in [-0.4, -0.2) is 35.2 Å². The molecule has 0 atom stereocenters. The molecule has 4 nitrogen and oxygen atoms in total. The molecule has 0 spiro atoms. The van der Waals surface area contributed by atoms with E-state index >= 15 is 0 Å². The number of carbonyl (C=O) groups is 1. The highest BCUT2D eigenvalue weighted by atomic mass is 19.1. The van der Waals surface area contributed by atoms with Crippen LogP contribution < -0.4 is 5.32 Å². The summed E-state index contributed by atoms with van der Waals surface area (Å²) >= 11 is 0. The third kappa shape index (κ3) is 3.17. The summed E-state index contributed by atoms with van der Waals surface area (Å²) in [6.07, 6.45) is 1.97. The van der Waals surface area contributed by atoms with Crippen LogP contribution in [0.4, 0.5) is 14.9 Å². The number of amides is 2. The monoisotopic (exact) mass is 238 g/mol. The molecule has 1 saturated carbocycles. The summed E-state index contributed by atoms with van der Waals surface area (Å²) in [7, 11) is 0. The summed E-state index contributed by atoms with van der Waals surface area (Å²) < 4.78 is 12.7. The first kappa shape index (κ1) is 11.9. The third-order valence-electron chi connectivity index (χ3n) is 2.68. The standard InChI is InChI=1S/C12H15FN2O2/c13-9-1-3-10(4-2-9)14-12(17)15(7-8-16)11-5-6-11/h1-4,11,16H,5-8H2,(H,14,17). The Morgan fingerprint density at radius 1 is 1.41 bits per heavy atom. The molecule has 2 amide bonds. The van der Waals surface area contributed by atoms with Gasteiger partial charge in [0.2, 0.25) is 0 Å². The van der Waals surface area contributed by atoms with Crippen molar-refractivity contribution in [2.24, 2.45) is 0 Å². The van der Waals surface area contributed by atoms with Crippen LogP contribution in [0.1, 0.15) is 12.8 Å². The van der Waals surface area contributed by atoms with Gasteiger partial charge >= 0.3 is 6.03 Å². The van der Waals surface area contributed by atoms with E-state index in [0.29, 0.717) is 12.2 Å². The lowest BCUT2D eigenvalue weighted by Crippen LogP contribution is -2.38. The zero-order chi connectivity index (χ0) is 12.3. The highest BCUT2D eigenvalue weighted by Crippen LogP contribution is 2.27. The van der Waals surface area contributed by atoms with Gasteiger partial charge in [0.15, 0.2) is 0 Å². The Kier molecular flexibility index (Phi) is 3.58. The second-order valence-corrected chi connectivity index (χ2v) is 4.09. The predicted octanol–water partition coefficient (Wildman–Crippen LogP) is 1.81. The zero-order valence-corrected chi connectivity index (χ0v) is 9.40. The van der Waals surface area contributed by atoms with E-state index in [4.69, 9.17) is 5.11 Å². The van der Waals surface area contributed by atoms with Gasteiger partial charge in [-0.15, -0.1) is 0 Å². The van der Waals surface area contributed by atoms with E-state index in [9.17, 15) is 9.18 Å². The van der Waals surface area contributed by atoms with Crippen molar-refractivity contribution in [1.82, 2.24) is 4.90 Å². The van der Waals surface area contributed by atoms with Crippen LogP contribution in [-0.2, 0) is 0 Å². The van der Waals surface area contributed by atoms with E-state index in [1.165, 1.54) is 24.3 Å². The van der Waals surface area contributed by atoms with Crippen molar-refractivity contribution in [3.8, 4) is 0 Å². The Labute approximate surface area is 99.0 Å². The number of anilines is 1. The fourth-order valence-corrected chi connectivity index (χ4v) is 1.67. The summed E-state index contributed by atoms with van der Waals surface area (Å²) in [5.41, 5.74) is 0.556. The second kappa shape index (κ2) is 5.14. The molecule has 1 aromatic rings. The summed E-state index contributed by atoms with van der Waals surface area (Å²) in [5, 5.41) is 11.6. The quantitative estimate of drug-likeness (QED) is 0.840. The summed E-state index contributed by atoms with van der Waals surface area (Å²) in [5.74, 6) is -0.336. The van der Waals surface area contributed by atoms with Crippen molar-refractivity contribution in [2.75, 3.05) is 18.5 Å². The Bertz CT molecular complexity index is 390. The lowest BCUT2D eigenvalue weighted by molar-refractivity contribution is 0.185. The highest BCUT2D eigenvalue weighted by molar-refractivity contribution is 5.89. The first-order chi connectivity index (χ1) is 8.20. The van der Waals surface area contributed by atoms with Crippen LogP contribution in [0.15, 0.2) is 24.3 Å². The molecule has 1 aromatic carbocycles. The Hall–Kier alpha value is -1.62. The molecule has 0 bridgehead atoms. The van der Waals surface area contributed by atoms with Crippen molar-refractivity contribution in [1.29, 1.82) is 0 Å². The van der Waals surface area contributed by atoms with Gasteiger partial charge in [-0.2, -0.15) is 0 Å². The Morgan fingerprint density at radius 2 is 2.06 bits per heavy atom. The number of urea groups is 1. The molecule has 1 fully saturated rings. The molecular weight excluding hydrogens is 223 g/mol.